The Balaban J connectivity index is 0.825. The number of carbonyl (C=O) groups is 7. The Morgan fingerprint density at radius 2 is 1.58 bits per heavy atom. The summed E-state index contributed by atoms with van der Waals surface area (Å²) in [5, 5.41) is 53.2. The Kier molecular flexibility index (Phi) is 13.7. The quantitative estimate of drug-likeness (QED) is 0.0507. The predicted molar refractivity (Wildman–Crippen MR) is 277 cm³/mol. The lowest BCUT2D eigenvalue weighted by molar-refractivity contribution is -0.271. The van der Waals surface area contributed by atoms with Gasteiger partial charge in [-0.05, 0) is 55.2 Å². The number of nitrogens with one attached hydrogen (secondary N) is 3. The van der Waals surface area contributed by atoms with E-state index in [4.69, 9.17) is 23.7 Å². The van der Waals surface area contributed by atoms with Crippen LogP contribution in [0.25, 0.3) is 43.6 Å². The van der Waals surface area contributed by atoms with Crippen molar-refractivity contribution in [2.45, 2.75) is 113 Å². The molecular formula is C55H57N7O16. The lowest BCUT2D eigenvalue weighted by Crippen LogP contribution is -2.61. The van der Waals surface area contributed by atoms with Crippen LogP contribution in [0.1, 0.15) is 73.2 Å². The fourth-order valence-corrected chi connectivity index (χ4v) is 11.9. The van der Waals surface area contributed by atoms with Crippen LogP contribution < -0.4 is 20.7 Å². The van der Waals surface area contributed by atoms with Crippen molar-refractivity contribution in [2.75, 3.05) is 32.6 Å². The summed E-state index contributed by atoms with van der Waals surface area (Å²) in [4.78, 5) is 92.5. The van der Waals surface area contributed by atoms with E-state index in [2.05, 4.69) is 25.1 Å². The molecule has 6 aromatic rings. The molecule has 6 amide bonds. The zero-order chi connectivity index (χ0) is 54.9. The minimum Gasteiger partial charge on any atom is -0.479 e. The number of hydrogen-bond acceptors (Lipinski definition) is 15. The van der Waals surface area contributed by atoms with E-state index in [0.717, 1.165) is 54.1 Å². The Bertz CT molecular complexity index is 3500. The molecule has 0 radical (unpaired) electrons. The van der Waals surface area contributed by atoms with Gasteiger partial charge in [0.25, 0.3) is 17.7 Å². The van der Waals surface area contributed by atoms with Gasteiger partial charge in [-0.15, -0.1) is 0 Å². The number of likely N-dealkylation sites (N-methyl/N-ethyl adjacent to an activating group) is 1. The number of benzene rings is 4. The number of aromatic nitrogens is 2. The number of amides is 6. The molecule has 11 rings (SSSR count). The van der Waals surface area contributed by atoms with E-state index in [0.29, 0.717) is 36.9 Å². The fourth-order valence-electron chi connectivity index (χ4n) is 11.9. The smallest absolute Gasteiger partial charge is 0.410 e. The van der Waals surface area contributed by atoms with Gasteiger partial charge in [-0.25, -0.2) is 9.59 Å². The molecule has 2 fully saturated rings. The highest BCUT2D eigenvalue weighted by atomic mass is 16.7. The van der Waals surface area contributed by atoms with Gasteiger partial charge in [0.1, 0.15) is 43.0 Å². The van der Waals surface area contributed by atoms with Crippen LogP contribution in [0.5, 0.6) is 5.75 Å². The van der Waals surface area contributed by atoms with Crippen LogP contribution in [-0.4, -0.2) is 151 Å². The SMILES string of the molecule is COC1C(N(C)C(=O)OCc2ccc(OC3OC(C(=O)O)C(O)[C@@H](O)C3O)c(NC(=O)CCNC(=O)CCCCCN3C(=O)C=CC3=O)c2)CC2OC1(C)n1c3ccccc3c3c4c(c5c6ccccc6n2c5c31)C(=O)NC4. The third kappa shape index (κ3) is 8.75. The molecule has 9 atom stereocenters. The van der Waals surface area contributed by atoms with Crippen LogP contribution in [0.15, 0.2) is 78.9 Å². The highest BCUT2D eigenvalue weighted by Crippen LogP contribution is 2.54. The molecule has 0 aliphatic carbocycles. The van der Waals surface area contributed by atoms with Crippen molar-refractivity contribution in [3.63, 3.8) is 0 Å². The summed E-state index contributed by atoms with van der Waals surface area (Å²) in [6.45, 7) is 2.13. The number of carboxylic acid groups (broad SMARTS) is 1. The zero-order valence-electron chi connectivity index (χ0n) is 42.7. The minimum atomic E-state index is -1.99. The number of imide groups is 1. The Morgan fingerprint density at radius 3 is 2.31 bits per heavy atom. The maximum absolute atomic E-state index is 14.5. The second-order valence-electron chi connectivity index (χ2n) is 20.3. The molecule has 2 aromatic heterocycles. The van der Waals surface area contributed by atoms with Gasteiger partial charge in [-0.2, -0.15) is 0 Å². The number of rotatable bonds is 17. The van der Waals surface area contributed by atoms with E-state index in [1.165, 1.54) is 35.3 Å². The minimum absolute atomic E-state index is 0.0406. The summed E-state index contributed by atoms with van der Waals surface area (Å²) in [6.07, 6.45) is -7.75. The van der Waals surface area contributed by atoms with Crippen molar-refractivity contribution in [1.82, 2.24) is 29.6 Å². The van der Waals surface area contributed by atoms with E-state index < -0.39 is 72.8 Å². The summed E-state index contributed by atoms with van der Waals surface area (Å²) in [5.41, 5.74) is 4.00. The molecule has 0 spiro atoms. The fraction of sp³-hybridized carbons (Fsp3) is 0.400. The molecule has 2 saturated heterocycles. The lowest BCUT2D eigenvalue weighted by atomic mass is 9.92. The molecule has 8 unspecified atom stereocenters. The molecule has 5 aliphatic heterocycles. The third-order valence-corrected chi connectivity index (χ3v) is 15.6. The van der Waals surface area contributed by atoms with Crippen molar-refractivity contribution >= 4 is 90.9 Å². The predicted octanol–water partition coefficient (Wildman–Crippen LogP) is 3.60. The zero-order valence-corrected chi connectivity index (χ0v) is 42.7. The maximum Gasteiger partial charge on any atom is 0.410 e. The molecule has 5 aliphatic rings. The van der Waals surface area contributed by atoms with E-state index in [1.54, 1.807) is 14.2 Å². The Hall–Kier alpha value is -7.93. The largest absolute Gasteiger partial charge is 0.479 e. The highest BCUT2D eigenvalue weighted by Gasteiger charge is 2.55. The molecule has 78 heavy (non-hydrogen) atoms. The number of carbonyl (C=O) groups excluding carboxylic acids is 6. The van der Waals surface area contributed by atoms with Crippen molar-refractivity contribution in [2.24, 2.45) is 0 Å². The third-order valence-electron chi connectivity index (χ3n) is 15.6. The van der Waals surface area contributed by atoms with E-state index in [9.17, 15) is 54.0 Å². The Labute approximate surface area is 444 Å². The number of aliphatic hydroxyl groups is 3. The van der Waals surface area contributed by atoms with Gasteiger partial charge < -0.3 is 74.1 Å². The van der Waals surface area contributed by atoms with Crippen LogP contribution in [0.3, 0.4) is 0 Å². The number of unbranched alkanes of at least 4 members (excludes halogenated alkanes) is 2. The summed E-state index contributed by atoms with van der Waals surface area (Å²) >= 11 is 0. The second kappa shape index (κ2) is 20.5. The number of hydrogen-bond donors (Lipinski definition) is 7. The lowest BCUT2D eigenvalue weighted by Gasteiger charge is -2.50. The first-order chi connectivity index (χ1) is 37.5. The van der Waals surface area contributed by atoms with Crippen LogP contribution >= 0.6 is 0 Å². The normalized spacial score (nSPS) is 25.2. The number of aliphatic hydroxyl groups excluding tert-OH is 3. The van der Waals surface area contributed by atoms with Crippen molar-refractivity contribution in [1.29, 1.82) is 0 Å². The van der Waals surface area contributed by atoms with E-state index in [-0.39, 0.29) is 74.0 Å². The topological polar surface area (TPSA) is 299 Å². The number of carboxylic acids is 1. The molecule has 4 aromatic carbocycles. The summed E-state index contributed by atoms with van der Waals surface area (Å²) in [7, 11) is 3.18. The van der Waals surface area contributed by atoms with Crippen LogP contribution in [0.4, 0.5) is 10.5 Å². The first-order valence-corrected chi connectivity index (χ1v) is 25.7. The van der Waals surface area contributed by atoms with E-state index in [1.807, 2.05) is 55.5 Å². The highest BCUT2D eigenvalue weighted by molar-refractivity contribution is 6.31. The van der Waals surface area contributed by atoms with Gasteiger partial charge >= 0.3 is 12.1 Å². The van der Waals surface area contributed by atoms with Gasteiger partial charge in [-0.1, -0.05) is 48.9 Å². The standard InChI is InChI=1S/C55H57N7O16/c1-55-50(74-3)34(24-40(78-55)61-32-13-8-6-11-28(32)42-43-30(25-57-51(43)70)41-29-12-7-9-14-33(29)62(55)45(41)44(42)61)59(2)54(73)75-26-27-16-17-35(76-53-48(69)46(67)47(68)49(77-53)52(71)72)31(23-27)58-37(64)20-21-56-36(63)15-5-4-10-22-60-38(65)18-19-39(60)66/h6-9,11-14,16-19,23,34,40,46-50,53,67-69H,4-5,10,15,20-22,24-26H2,1-3H3,(H,56,63)(H,57,70)(H,58,64)(H,71,72)/t34?,40?,46-,47?,48?,49?,50?,53?,55?/m1/s1. The molecule has 2 bridgehead atoms. The molecule has 23 nitrogen and oxygen atoms in total. The molecule has 0 saturated carbocycles. The van der Waals surface area contributed by atoms with Gasteiger partial charge in [0.15, 0.2) is 11.8 Å². The molecule has 7 N–H and O–H groups in total. The van der Waals surface area contributed by atoms with Gasteiger partial charge in [0, 0.05) is 86.8 Å². The molecule has 408 valence electrons. The van der Waals surface area contributed by atoms with Crippen molar-refractivity contribution in [3.8, 4) is 5.75 Å². The average molecular weight is 1070 g/mol. The summed E-state index contributed by atoms with van der Waals surface area (Å²) in [6, 6.07) is 19.5. The first kappa shape index (κ1) is 52.1. The average Bonchev–Trinajstić information content (AvgIpc) is 3.35. The molecule has 23 heteroatoms. The van der Waals surface area contributed by atoms with Crippen molar-refractivity contribution < 1.29 is 77.7 Å². The monoisotopic (exact) mass is 1070 g/mol. The number of para-hydroxylation sites is 2. The van der Waals surface area contributed by atoms with E-state index >= 15 is 0 Å². The van der Waals surface area contributed by atoms with Crippen molar-refractivity contribution in [3.05, 3.63) is 95.6 Å². The molecule has 7 heterocycles. The number of nitrogens with zero attached hydrogens (tertiary/aromatic N) is 4. The van der Waals surface area contributed by atoms with Gasteiger partial charge in [-0.3, -0.25) is 28.9 Å². The molecular weight excluding hydrogens is 1010 g/mol. The second-order valence-corrected chi connectivity index (χ2v) is 20.3. The van der Waals surface area contributed by atoms with Crippen LogP contribution in [0.2, 0.25) is 0 Å². The number of fused-ring (bicyclic) bond motifs is 13. The number of methoxy groups -OCH3 is 1. The Morgan fingerprint density at radius 1 is 0.859 bits per heavy atom. The number of aliphatic carboxylic acids is 1. The van der Waals surface area contributed by atoms with Gasteiger partial charge in [0.05, 0.1) is 39.4 Å². The van der Waals surface area contributed by atoms with Crippen LogP contribution in [0, 0.1) is 0 Å². The number of anilines is 1. The summed E-state index contributed by atoms with van der Waals surface area (Å²) < 4.78 is 35.2. The number of ether oxygens (including phenoxy) is 5. The summed E-state index contributed by atoms with van der Waals surface area (Å²) in [5.74, 6) is -3.62. The first-order valence-electron chi connectivity index (χ1n) is 25.7. The van der Waals surface area contributed by atoms with Gasteiger partial charge in [0.2, 0.25) is 18.1 Å². The van der Waals surface area contributed by atoms with Crippen LogP contribution in [-0.2, 0) is 61.8 Å². The maximum atomic E-state index is 14.5.